The van der Waals surface area contributed by atoms with Crippen molar-refractivity contribution in [1.29, 1.82) is 0 Å². The number of carbonyl (C=O) groups excluding carboxylic acids is 1. The van der Waals surface area contributed by atoms with Gasteiger partial charge in [0.15, 0.2) is 11.5 Å². The first-order valence-electron chi connectivity index (χ1n) is 5.48. The fourth-order valence-electron chi connectivity index (χ4n) is 1.48. The molecule has 0 atom stereocenters. The van der Waals surface area contributed by atoms with Gasteiger partial charge in [0.05, 0.1) is 12.7 Å². The average Bonchev–Trinajstić information content (AvgIpc) is 2.43. The van der Waals surface area contributed by atoms with Gasteiger partial charge in [-0.25, -0.2) is 4.79 Å². The van der Waals surface area contributed by atoms with Crippen LogP contribution < -0.4 is 9.47 Å². The van der Waals surface area contributed by atoms with E-state index in [1.165, 1.54) is 19.2 Å². The lowest BCUT2D eigenvalue weighted by Crippen LogP contribution is -2.08. The highest BCUT2D eigenvalue weighted by Gasteiger charge is 2.10. The number of methoxy groups -OCH3 is 1. The molecule has 0 unspecified atom stereocenters. The van der Waals surface area contributed by atoms with Crippen molar-refractivity contribution in [2.75, 3.05) is 7.11 Å². The zero-order chi connectivity index (χ0) is 13.8. The monoisotopic (exact) mass is 260 g/mol. The highest BCUT2D eigenvalue weighted by molar-refractivity contribution is 5.91. The summed E-state index contributed by atoms with van der Waals surface area (Å²) in [4.78, 5) is 11.9. The third-order valence-electron chi connectivity index (χ3n) is 2.46. The van der Waals surface area contributed by atoms with Gasteiger partial charge in [-0.2, -0.15) is 0 Å². The summed E-state index contributed by atoms with van der Waals surface area (Å²) in [6.45, 7) is 0. The van der Waals surface area contributed by atoms with Crippen LogP contribution >= 0.6 is 0 Å². The molecular formula is C14H12O5. The molecular weight excluding hydrogens is 248 g/mol. The van der Waals surface area contributed by atoms with E-state index in [1.807, 2.05) is 0 Å². The number of phenolic OH excluding ortho intramolecular Hbond substituents is 2. The predicted molar refractivity (Wildman–Crippen MR) is 67.7 cm³/mol. The van der Waals surface area contributed by atoms with Crippen molar-refractivity contribution in [3.63, 3.8) is 0 Å². The molecule has 19 heavy (non-hydrogen) atoms. The van der Waals surface area contributed by atoms with E-state index in [0.29, 0.717) is 11.3 Å². The Morgan fingerprint density at radius 3 is 2.47 bits per heavy atom. The van der Waals surface area contributed by atoms with Crippen LogP contribution in [0.25, 0.3) is 0 Å². The molecule has 0 spiro atoms. The molecule has 0 amide bonds. The topological polar surface area (TPSA) is 76.0 Å². The Bertz CT molecular complexity index is 607. The Balaban J connectivity index is 2.18. The number of rotatable bonds is 3. The second-order valence-corrected chi connectivity index (χ2v) is 3.77. The number of phenols is 2. The molecule has 0 saturated carbocycles. The lowest BCUT2D eigenvalue weighted by Gasteiger charge is -2.06. The van der Waals surface area contributed by atoms with E-state index >= 15 is 0 Å². The summed E-state index contributed by atoms with van der Waals surface area (Å²) in [6.07, 6.45) is 0. The average molecular weight is 260 g/mol. The first-order chi connectivity index (χ1) is 9.10. The zero-order valence-corrected chi connectivity index (χ0v) is 10.2. The van der Waals surface area contributed by atoms with E-state index in [4.69, 9.17) is 14.6 Å². The summed E-state index contributed by atoms with van der Waals surface area (Å²) in [5.74, 6) is -0.521. The molecule has 2 aromatic rings. The van der Waals surface area contributed by atoms with Gasteiger partial charge < -0.3 is 19.7 Å². The van der Waals surface area contributed by atoms with Crippen molar-refractivity contribution in [3.05, 3.63) is 48.0 Å². The van der Waals surface area contributed by atoms with Crippen LogP contribution in [0, 0.1) is 0 Å². The molecule has 0 aliphatic heterocycles. The minimum absolute atomic E-state index is 0.142. The van der Waals surface area contributed by atoms with Crippen LogP contribution in [-0.4, -0.2) is 23.3 Å². The second kappa shape index (κ2) is 5.30. The molecule has 0 heterocycles. The number of aromatic hydroxyl groups is 2. The molecule has 5 nitrogen and oxygen atoms in total. The maximum Gasteiger partial charge on any atom is 0.343 e. The Morgan fingerprint density at radius 1 is 1.00 bits per heavy atom. The maximum absolute atomic E-state index is 11.9. The van der Waals surface area contributed by atoms with Gasteiger partial charge in [0.1, 0.15) is 11.5 Å². The van der Waals surface area contributed by atoms with E-state index in [9.17, 15) is 9.90 Å². The Kier molecular flexibility index (Phi) is 3.56. The molecule has 0 fully saturated rings. The first-order valence-corrected chi connectivity index (χ1v) is 5.48. The molecule has 2 aromatic carbocycles. The van der Waals surface area contributed by atoms with E-state index in [-0.39, 0.29) is 17.2 Å². The second-order valence-electron chi connectivity index (χ2n) is 3.77. The molecule has 2 rings (SSSR count). The smallest absolute Gasteiger partial charge is 0.343 e. The Labute approximate surface area is 109 Å². The van der Waals surface area contributed by atoms with Gasteiger partial charge in [-0.3, -0.25) is 0 Å². The van der Waals surface area contributed by atoms with Gasteiger partial charge in [-0.15, -0.1) is 0 Å². The van der Waals surface area contributed by atoms with Crippen molar-refractivity contribution >= 4 is 5.97 Å². The summed E-state index contributed by atoms with van der Waals surface area (Å²) in [5, 5.41) is 18.5. The quantitative estimate of drug-likeness (QED) is 0.503. The zero-order valence-electron chi connectivity index (χ0n) is 10.2. The van der Waals surface area contributed by atoms with E-state index in [2.05, 4.69) is 0 Å². The van der Waals surface area contributed by atoms with Crippen LogP contribution in [0.3, 0.4) is 0 Å². The normalized spacial score (nSPS) is 9.95. The highest BCUT2D eigenvalue weighted by atomic mass is 16.5. The number of ether oxygens (including phenoxy) is 2. The van der Waals surface area contributed by atoms with Gasteiger partial charge in [-0.05, 0) is 30.3 Å². The van der Waals surface area contributed by atoms with Gasteiger partial charge in [0.2, 0.25) is 0 Å². The summed E-state index contributed by atoms with van der Waals surface area (Å²) >= 11 is 0. The third-order valence-corrected chi connectivity index (χ3v) is 2.46. The highest BCUT2D eigenvalue weighted by Crippen LogP contribution is 2.29. The SMILES string of the molecule is COc1cccc(C(=O)Oc2ccc(O)c(O)c2)c1. The Hall–Kier alpha value is -2.69. The van der Waals surface area contributed by atoms with Crippen LogP contribution in [0.2, 0.25) is 0 Å². The van der Waals surface area contributed by atoms with Crippen LogP contribution in [-0.2, 0) is 0 Å². The summed E-state index contributed by atoms with van der Waals surface area (Å²) in [6, 6.07) is 10.3. The summed E-state index contributed by atoms with van der Waals surface area (Å²) in [7, 11) is 1.50. The number of carbonyl (C=O) groups is 1. The molecule has 0 aromatic heterocycles. The number of hydrogen-bond acceptors (Lipinski definition) is 5. The predicted octanol–water partition coefficient (Wildman–Crippen LogP) is 2.33. The third kappa shape index (κ3) is 2.95. The van der Waals surface area contributed by atoms with Crippen molar-refractivity contribution in [3.8, 4) is 23.0 Å². The molecule has 0 bridgehead atoms. The van der Waals surface area contributed by atoms with Crippen LogP contribution in [0.15, 0.2) is 42.5 Å². The fraction of sp³-hybridized carbons (Fsp3) is 0.0714. The Morgan fingerprint density at radius 2 is 1.79 bits per heavy atom. The molecule has 98 valence electrons. The van der Waals surface area contributed by atoms with E-state index < -0.39 is 5.97 Å². The number of esters is 1. The van der Waals surface area contributed by atoms with Gasteiger partial charge in [-0.1, -0.05) is 6.07 Å². The summed E-state index contributed by atoms with van der Waals surface area (Å²) in [5.41, 5.74) is 0.326. The molecule has 0 aliphatic carbocycles. The standard InChI is InChI=1S/C14H12O5/c1-18-10-4-2-3-9(7-10)14(17)19-11-5-6-12(15)13(16)8-11/h2-8,15-16H,1H3. The number of benzene rings is 2. The summed E-state index contributed by atoms with van der Waals surface area (Å²) < 4.78 is 10.1. The molecule has 0 aliphatic rings. The fourth-order valence-corrected chi connectivity index (χ4v) is 1.48. The van der Waals surface area contributed by atoms with Crippen molar-refractivity contribution in [2.24, 2.45) is 0 Å². The van der Waals surface area contributed by atoms with Gasteiger partial charge >= 0.3 is 5.97 Å². The maximum atomic E-state index is 11.9. The first kappa shape index (κ1) is 12.8. The molecule has 0 radical (unpaired) electrons. The van der Waals surface area contributed by atoms with Gasteiger partial charge in [0.25, 0.3) is 0 Å². The lowest BCUT2D eigenvalue weighted by atomic mass is 10.2. The molecule has 2 N–H and O–H groups in total. The molecule has 5 heteroatoms. The minimum Gasteiger partial charge on any atom is -0.504 e. The lowest BCUT2D eigenvalue weighted by molar-refractivity contribution is 0.0734. The van der Waals surface area contributed by atoms with Crippen LogP contribution in [0.1, 0.15) is 10.4 Å². The van der Waals surface area contributed by atoms with Gasteiger partial charge in [0, 0.05) is 6.07 Å². The number of hydrogen-bond donors (Lipinski definition) is 2. The van der Waals surface area contributed by atoms with Crippen molar-refractivity contribution in [2.45, 2.75) is 0 Å². The van der Waals surface area contributed by atoms with E-state index in [0.717, 1.165) is 6.07 Å². The van der Waals surface area contributed by atoms with Crippen LogP contribution in [0.4, 0.5) is 0 Å². The largest absolute Gasteiger partial charge is 0.504 e. The minimum atomic E-state index is -0.580. The van der Waals surface area contributed by atoms with Crippen molar-refractivity contribution < 1.29 is 24.5 Å². The molecule has 0 saturated heterocycles. The van der Waals surface area contributed by atoms with E-state index in [1.54, 1.807) is 24.3 Å². The van der Waals surface area contributed by atoms with Crippen LogP contribution in [0.5, 0.6) is 23.0 Å². The van der Waals surface area contributed by atoms with Crippen molar-refractivity contribution in [1.82, 2.24) is 0 Å².